The first-order valence-corrected chi connectivity index (χ1v) is 14.5. The van der Waals surface area contributed by atoms with Gasteiger partial charge in [0.25, 0.3) is 10.1 Å². The van der Waals surface area contributed by atoms with Crippen LogP contribution in [0.15, 0.2) is 29.2 Å². The molecule has 29 heavy (non-hydrogen) atoms. The Morgan fingerprint density at radius 3 is 2.38 bits per heavy atom. The fourth-order valence-electron chi connectivity index (χ4n) is 3.74. The van der Waals surface area contributed by atoms with Crippen LogP contribution in [0.4, 0.5) is 0 Å². The van der Waals surface area contributed by atoms with Gasteiger partial charge < -0.3 is 9.16 Å². The fraction of sp³-hybridized carbons (Fsp3) is 0.667. The van der Waals surface area contributed by atoms with Crippen molar-refractivity contribution in [3.63, 3.8) is 0 Å². The first-order chi connectivity index (χ1) is 13.3. The standard InChI is InChI=1S/C21H32O6SSi/c1-14-7-9-15(10-8-14)28(23,24)27-19-12-18-16(11-20(22)26-18)17(19)13-25-29(5,6)21(2,3)4/h7-10,16-19H,11-13H2,1-6H3/t16-,17+,18+,19-/m1/s1. The molecule has 8 heteroatoms. The fourth-order valence-corrected chi connectivity index (χ4v) is 5.91. The van der Waals surface area contributed by atoms with E-state index in [4.69, 9.17) is 13.3 Å². The molecule has 4 atom stereocenters. The van der Waals surface area contributed by atoms with Gasteiger partial charge in [0.05, 0.1) is 17.4 Å². The number of rotatable bonds is 6. The minimum atomic E-state index is -3.90. The Morgan fingerprint density at radius 1 is 1.17 bits per heavy atom. The van der Waals surface area contributed by atoms with E-state index in [1.807, 2.05) is 6.92 Å². The molecule has 3 rings (SSSR count). The molecular formula is C21H32O6SSi. The van der Waals surface area contributed by atoms with Gasteiger partial charge >= 0.3 is 5.97 Å². The molecule has 0 unspecified atom stereocenters. The smallest absolute Gasteiger partial charge is 0.306 e. The van der Waals surface area contributed by atoms with Crippen molar-refractivity contribution < 1.29 is 26.6 Å². The van der Waals surface area contributed by atoms with Crippen LogP contribution in [0.1, 0.15) is 39.2 Å². The lowest BCUT2D eigenvalue weighted by molar-refractivity contribution is -0.141. The number of hydrogen-bond acceptors (Lipinski definition) is 6. The zero-order valence-corrected chi connectivity index (χ0v) is 19.9. The molecule has 1 aromatic rings. The van der Waals surface area contributed by atoms with Crippen molar-refractivity contribution in [2.45, 2.75) is 75.8 Å². The molecule has 0 radical (unpaired) electrons. The van der Waals surface area contributed by atoms with Gasteiger partial charge in [-0.2, -0.15) is 8.42 Å². The Balaban J connectivity index is 1.79. The molecular weight excluding hydrogens is 408 g/mol. The quantitative estimate of drug-likeness (QED) is 0.377. The predicted octanol–water partition coefficient (Wildman–Crippen LogP) is 4.04. The van der Waals surface area contributed by atoms with Crippen molar-refractivity contribution >= 4 is 24.4 Å². The van der Waals surface area contributed by atoms with E-state index in [2.05, 4.69) is 33.9 Å². The summed E-state index contributed by atoms with van der Waals surface area (Å²) in [6, 6.07) is 6.61. The number of fused-ring (bicyclic) bond motifs is 1. The second-order valence-electron chi connectivity index (χ2n) is 9.77. The molecule has 1 heterocycles. The maximum Gasteiger partial charge on any atom is 0.306 e. The van der Waals surface area contributed by atoms with Gasteiger partial charge in [-0.3, -0.25) is 8.98 Å². The molecule has 2 fully saturated rings. The zero-order valence-electron chi connectivity index (χ0n) is 18.1. The van der Waals surface area contributed by atoms with Gasteiger partial charge in [0.2, 0.25) is 0 Å². The van der Waals surface area contributed by atoms with E-state index in [9.17, 15) is 13.2 Å². The number of carbonyl (C=O) groups is 1. The van der Waals surface area contributed by atoms with Crippen LogP contribution in [0.3, 0.4) is 0 Å². The van der Waals surface area contributed by atoms with E-state index in [1.165, 1.54) is 0 Å². The second-order valence-corrected chi connectivity index (χ2v) is 16.2. The number of carbonyl (C=O) groups excluding carboxylic acids is 1. The van der Waals surface area contributed by atoms with Crippen LogP contribution in [0, 0.1) is 18.8 Å². The number of hydrogen-bond donors (Lipinski definition) is 0. The molecule has 1 saturated heterocycles. The molecule has 162 valence electrons. The summed E-state index contributed by atoms with van der Waals surface area (Å²) in [7, 11) is -5.93. The van der Waals surface area contributed by atoms with E-state index in [0.717, 1.165) is 5.56 Å². The van der Waals surface area contributed by atoms with Crippen LogP contribution in [-0.4, -0.2) is 41.5 Å². The summed E-state index contributed by atoms with van der Waals surface area (Å²) in [5.41, 5.74) is 0.979. The van der Waals surface area contributed by atoms with Gasteiger partial charge in [0.15, 0.2) is 8.32 Å². The highest BCUT2D eigenvalue weighted by molar-refractivity contribution is 7.86. The normalized spacial score (nSPS) is 27.7. The molecule has 0 aromatic heterocycles. The third-order valence-corrected chi connectivity index (χ3v) is 12.5. The summed E-state index contributed by atoms with van der Waals surface area (Å²) in [6.45, 7) is 13.1. The van der Waals surface area contributed by atoms with Crippen LogP contribution in [-0.2, 0) is 28.3 Å². The second kappa shape index (κ2) is 7.79. The molecule has 0 bridgehead atoms. The molecule has 1 aliphatic carbocycles. The maximum atomic E-state index is 12.8. The Hall–Kier alpha value is -1.22. The summed E-state index contributed by atoms with van der Waals surface area (Å²) in [6.07, 6.45) is -0.184. The van der Waals surface area contributed by atoms with Gasteiger partial charge in [-0.25, -0.2) is 0 Å². The summed E-state index contributed by atoms with van der Waals surface area (Å²) >= 11 is 0. The largest absolute Gasteiger partial charge is 0.462 e. The minimum Gasteiger partial charge on any atom is -0.462 e. The molecule has 2 aliphatic rings. The lowest BCUT2D eigenvalue weighted by Gasteiger charge is -2.38. The molecule has 0 amide bonds. The van der Waals surface area contributed by atoms with Crippen molar-refractivity contribution in [1.82, 2.24) is 0 Å². The highest BCUT2D eigenvalue weighted by atomic mass is 32.2. The SMILES string of the molecule is Cc1ccc(S(=O)(=O)O[C@@H]2C[C@@H]3OC(=O)C[C@@H]3[C@@H]2CO[Si](C)(C)C(C)(C)C)cc1. The maximum absolute atomic E-state index is 12.8. The van der Waals surface area contributed by atoms with Gasteiger partial charge in [0, 0.05) is 24.9 Å². The Kier molecular flexibility index (Phi) is 6.04. The zero-order chi connectivity index (χ0) is 21.6. The Labute approximate surface area is 175 Å². The third-order valence-electron chi connectivity index (χ3n) is 6.66. The summed E-state index contributed by atoms with van der Waals surface area (Å²) < 4.78 is 43.1. The van der Waals surface area contributed by atoms with E-state index >= 15 is 0 Å². The molecule has 0 spiro atoms. The average molecular weight is 441 g/mol. The highest BCUT2D eigenvalue weighted by Crippen LogP contribution is 2.45. The lowest BCUT2D eigenvalue weighted by Crippen LogP contribution is -2.43. The van der Waals surface area contributed by atoms with Crippen LogP contribution >= 0.6 is 0 Å². The van der Waals surface area contributed by atoms with Gasteiger partial charge in [-0.05, 0) is 37.2 Å². The van der Waals surface area contributed by atoms with E-state index in [0.29, 0.717) is 19.4 Å². The number of ether oxygens (including phenoxy) is 1. The van der Waals surface area contributed by atoms with Crippen molar-refractivity contribution in [3.8, 4) is 0 Å². The molecule has 1 aromatic carbocycles. The number of aryl methyl sites for hydroxylation is 1. The van der Waals surface area contributed by atoms with Crippen LogP contribution in [0.25, 0.3) is 0 Å². The topological polar surface area (TPSA) is 78.9 Å². The summed E-state index contributed by atoms with van der Waals surface area (Å²) in [4.78, 5) is 11.9. The molecule has 6 nitrogen and oxygen atoms in total. The highest BCUT2D eigenvalue weighted by Gasteiger charge is 2.53. The van der Waals surface area contributed by atoms with Gasteiger partial charge in [-0.1, -0.05) is 38.5 Å². The Morgan fingerprint density at radius 2 is 1.79 bits per heavy atom. The average Bonchev–Trinajstić information content (AvgIpc) is 3.07. The number of esters is 1. The minimum absolute atomic E-state index is 0.0390. The molecule has 1 aliphatic heterocycles. The van der Waals surface area contributed by atoms with Crippen molar-refractivity contribution in [2.75, 3.05) is 6.61 Å². The van der Waals surface area contributed by atoms with E-state index in [1.54, 1.807) is 24.3 Å². The predicted molar refractivity (Wildman–Crippen MR) is 112 cm³/mol. The summed E-state index contributed by atoms with van der Waals surface area (Å²) in [5.74, 6) is -0.483. The van der Waals surface area contributed by atoms with E-state index in [-0.39, 0.29) is 33.8 Å². The van der Waals surface area contributed by atoms with Crippen molar-refractivity contribution in [3.05, 3.63) is 29.8 Å². The Bertz CT molecular complexity index is 856. The lowest BCUT2D eigenvalue weighted by atomic mass is 9.93. The van der Waals surface area contributed by atoms with Crippen LogP contribution < -0.4 is 0 Å². The van der Waals surface area contributed by atoms with Crippen LogP contribution in [0.5, 0.6) is 0 Å². The molecule has 0 N–H and O–H groups in total. The number of benzene rings is 1. The van der Waals surface area contributed by atoms with Crippen molar-refractivity contribution in [1.29, 1.82) is 0 Å². The summed E-state index contributed by atoms with van der Waals surface area (Å²) in [5, 5.41) is 0.0390. The molecule has 1 saturated carbocycles. The van der Waals surface area contributed by atoms with Gasteiger partial charge in [-0.15, -0.1) is 0 Å². The van der Waals surface area contributed by atoms with Crippen molar-refractivity contribution in [2.24, 2.45) is 11.8 Å². The van der Waals surface area contributed by atoms with Crippen LogP contribution in [0.2, 0.25) is 18.1 Å². The third kappa shape index (κ3) is 4.76. The van der Waals surface area contributed by atoms with E-state index < -0.39 is 24.5 Å². The van der Waals surface area contributed by atoms with Gasteiger partial charge in [0.1, 0.15) is 6.10 Å². The first kappa shape index (κ1) is 22.5. The monoisotopic (exact) mass is 440 g/mol. The first-order valence-electron chi connectivity index (χ1n) is 10.1.